The summed E-state index contributed by atoms with van der Waals surface area (Å²) in [6.45, 7) is 2.22. The van der Waals surface area contributed by atoms with Crippen molar-refractivity contribution in [2.24, 2.45) is 0 Å². The van der Waals surface area contributed by atoms with Crippen LogP contribution in [0.25, 0.3) is 0 Å². The van der Waals surface area contributed by atoms with Crippen molar-refractivity contribution in [2.45, 2.75) is 82.4 Å². The number of carbonyl (C=O) groups is 3. The second kappa shape index (κ2) is 18.2. The maximum absolute atomic E-state index is 12.8. The van der Waals surface area contributed by atoms with Gasteiger partial charge in [-0.05, 0) is 0 Å². The van der Waals surface area contributed by atoms with E-state index in [4.69, 9.17) is 14.2 Å². The van der Waals surface area contributed by atoms with E-state index in [1.165, 1.54) is 59.9 Å². The molecule has 1 aromatic rings. The van der Waals surface area contributed by atoms with Crippen LogP contribution in [0.4, 0.5) is 0 Å². The fourth-order valence-electron chi connectivity index (χ4n) is 3.72. The summed E-state index contributed by atoms with van der Waals surface area (Å²) in [6, 6.07) is 9.42. The van der Waals surface area contributed by atoms with Gasteiger partial charge < -0.3 is 0 Å². The second-order valence-corrected chi connectivity index (χ2v) is 10.6. The number of ether oxygens (including phenoxy) is 3. The predicted octanol–water partition coefficient (Wildman–Crippen LogP) is 4.93. The number of rotatable bonds is 17. The van der Waals surface area contributed by atoms with Crippen LogP contribution >= 0.6 is 0 Å². The fraction of sp³-hybridized carbons (Fsp3) is 0.593. The molecule has 0 bridgehead atoms. The molecular formula is C27H40O6Se. The Morgan fingerprint density at radius 2 is 1.26 bits per heavy atom. The number of methoxy groups -OCH3 is 3. The summed E-state index contributed by atoms with van der Waals surface area (Å²) in [7, 11) is 3.82. The first kappa shape index (κ1) is 29.9. The molecule has 6 nitrogen and oxygen atoms in total. The van der Waals surface area contributed by atoms with Crippen LogP contribution < -0.4 is 4.46 Å². The van der Waals surface area contributed by atoms with Crippen LogP contribution in [0.15, 0.2) is 41.5 Å². The SMILES string of the molecule is CCCCCCCCCCCC/C(C(=O)OC)=C(\C(=O)OC)[C@@H]([Se]c1ccccc1)C(=O)OC. The van der Waals surface area contributed by atoms with Crippen molar-refractivity contribution in [2.75, 3.05) is 21.3 Å². The Morgan fingerprint density at radius 1 is 0.735 bits per heavy atom. The Morgan fingerprint density at radius 3 is 1.76 bits per heavy atom. The third kappa shape index (κ3) is 10.9. The van der Waals surface area contributed by atoms with Crippen LogP contribution in [0.5, 0.6) is 0 Å². The molecule has 1 aromatic carbocycles. The first-order valence-corrected chi connectivity index (χ1v) is 14.0. The number of benzene rings is 1. The van der Waals surface area contributed by atoms with Crippen molar-refractivity contribution in [3.05, 3.63) is 41.5 Å². The van der Waals surface area contributed by atoms with E-state index in [1.54, 1.807) is 0 Å². The summed E-state index contributed by atoms with van der Waals surface area (Å²) >= 11 is -0.477. The molecule has 0 unspecified atom stereocenters. The van der Waals surface area contributed by atoms with Gasteiger partial charge in [-0.1, -0.05) is 19.8 Å². The Kier molecular flexibility index (Phi) is 16.1. The topological polar surface area (TPSA) is 78.9 Å². The molecule has 0 heterocycles. The van der Waals surface area contributed by atoms with Gasteiger partial charge in [0.05, 0.1) is 0 Å². The van der Waals surface area contributed by atoms with E-state index in [2.05, 4.69) is 6.92 Å². The molecular weight excluding hydrogens is 499 g/mol. The molecule has 0 amide bonds. The van der Waals surface area contributed by atoms with Crippen molar-refractivity contribution in [1.82, 2.24) is 0 Å². The molecule has 0 aliphatic rings. The Balaban J connectivity index is 2.96. The van der Waals surface area contributed by atoms with Gasteiger partial charge in [0.25, 0.3) is 0 Å². The van der Waals surface area contributed by atoms with Gasteiger partial charge in [-0.3, -0.25) is 0 Å². The third-order valence-electron chi connectivity index (χ3n) is 5.62. The van der Waals surface area contributed by atoms with Crippen molar-refractivity contribution in [3.63, 3.8) is 0 Å². The van der Waals surface area contributed by atoms with Gasteiger partial charge in [0, 0.05) is 0 Å². The molecule has 0 spiro atoms. The minimum absolute atomic E-state index is 0.0565. The molecule has 34 heavy (non-hydrogen) atoms. The monoisotopic (exact) mass is 540 g/mol. The molecule has 7 heteroatoms. The first-order valence-electron chi connectivity index (χ1n) is 12.2. The number of esters is 3. The Labute approximate surface area is 211 Å². The zero-order chi connectivity index (χ0) is 25.2. The van der Waals surface area contributed by atoms with Crippen molar-refractivity contribution in [3.8, 4) is 0 Å². The molecule has 0 aliphatic heterocycles. The van der Waals surface area contributed by atoms with Crippen LogP contribution in [-0.2, 0) is 28.6 Å². The number of unbranched alkanes of at least 4 members (excludes halogenated alkanes) is 9. The zero-order valence-electron chi connectivity index (χ0n) is 21.1. The average molecular weight is 540 g/mol. The van der Waals surface area contributed by atoms with Gasteiger partial charge in [0.15, 0.2) is 0 Å². The van der Waals surface area contributed by atoms with Crippen molar-refractivity contribution < 1.29 is 28.6 Å². The normalized spacial score (nSPS) is 12.5. The van der Waals surface area contributed by atoms with Gasteiger partial charge in [-0.15, -0.1) is 0 Å². The minimum atomic E-state index is -0.899. The van der Waals surface area contributed by atoms with E-state index in [0.717, 1.165) is 30.1 Å². The van der Waals surface area contributed by atoms with Gasteiger partial charge in [0.2, 0.25) is 0 Å². The Bertz CT molecular complexity index is 775. The second-order valence-electron chi connectivity index (χ2n) is 8.14. The molecule has 0 saturated heterocycles. The van der Waals surface area contributed by atoms with Crippen LogP contribution in [0.1, 0.15) is 77.6 Å². The summed E-state index contributed by atoms with van der Waals surface area (Å²) in [5.41, 5.74) is 0.267. The van der Waals surface area contributed by atoms with Gasteiger partial charge in [-0.2, -0.15) is 0 Å². The number of carbonyl (C=O) groups excluding carboxylic acids is 3. The van der Waals surface area contributed by atoms with Crippen molar-refractivity contribution in [1.29, 1.82) is 0 Å². The summed E-state index contributed by atoms with van der Waals surface area (Å²) in [5, 5.41) is 0. The number of hydrogen-bond acceptors (Lipinski definition) is 6. The molecule has 1 atom stereocenters. The van der Waals surface area contributed by atoms with Gasteiger partial charge in [-0.25, -0.2) is 0 Å². The summed E-state index contributed by atoms with van der Waals surface area (Å²) in [5.74, 6) is -1.86. The van der Waals surface area contributed by atoms with Crippen LogP contribution in [-0.4, -0.2) is 54.2 Å². The fourth-order valence-corrected chi connectivity index (χ4v) is 6.11. The molecule has 190 valence electrons. The standard InChI is InChI=1S/C27H40O6Se/c1-5-6-7-8-9-10-11-12-13-17-20-22(25(28)31-2)23(26(29)32-3)24(27(30)33-4)34-21-18-15-14-16-19-21/h14-16,18-19,24H,5-13,17,20H2,1-4H3/b23-22+/t24-/m1/s1. The molecule has 0 fully saturated rings. The maximum atomic E-state index is 12.8. The van der Waals surface area contributed by atoms with E-state index in [1.807, 2.05) is 30.3 Å². The summed E-state index contributed by atoms with van der Waals surface area (Å²) in [4.78, 5) is 37.4. The van der Waals surface area contributed by atoms with Gasteiger partial charge in [0.1, 0.15) is 0 Å². The zero-order valence-corrected chi connectivity index (χ0v) is 22.8. The molecule has 1 rings (SSSR count). The van der Waals surface area contributed by atoms with Crippen LogP contribution in [0.2, 0.25) is 4.82 Å². The van der Waals surface area contributed by atoms with Gasteiger partial charge >= 0.3 is 191 Å². The van der Waals surface area contributed by atoms with E-state index in [0.29, 0.717) is 6.42 Å². The average Bonchev–Trinajstić information content (AvgIpc) is 2.87. The quantitative estimate of drug-likeness (QED) is 0.0919. The summed E-state index contributed by atoms with van der Waals surface area (Å²) < 4.78 is 15.9. The molecule has 0 saturated carbocycles. The third-order valence-corrected chi connectivity index (χ3v) is 8.15. The Hall–Kier alpha value is -2.11. The van der Waals surface area contributed by atoms with E-state index in [9.17, 15) is 14.4 Å². The van der Waals surface area contributed by atoms with E-state index in [-0.39, 0.29) is 11.1 Å². The van der Waals surface area contributed by atoms with Crippen LogP contribution in [0.3, 0.4) is 0 Å². The van der Waals surface area contributed by atoms with E-state index < -0.39 is 37.7 Å². The summed E-state index contributed by atoms with van der Waals surface area (Å²) in [6.07, 6.45) is 11.9. The molecule has 0 N–H and O–H groups in total. The molecule has 0 radical (unpaired) electrons. The van der Waals surface area contributed by atoms with Crippen LogP contribution in [0, 0.1) is 0 Å². The number of hydrogen-bond donors (Lipinski definition) is 0. The molecule has 0 aromatic heterocycles. The predicted molar refractivity (Wildman–Crippen MR) is 135 cm³/mol. The molecule has 0 aliphatic carbocycles. The van der Waals surface area contributed by atoms with E-state index >= 15 is 0 Å². The first-order chi connectivity index (χ1) is 16.5. The van der Waals surface area contributed by atoms with Crippen molar-refractivity contribution >= 4 is 37.3 Å².